The maximum atomic E-state index is 4.57. The molecule has 0 radical (unpaired) electrons. The molecule has 0 aliphatic rings. The lowest BCUT2D eigenvalue weighted by Gasteiger charge is -2.11. The summed E-state index contributed by atoms with van der Waals surface area (Å²) in [5.74, 6) is 0. The Hall–Kier alpha value is -2.74. The van der Waals surface area contributed by atoms with E-state index in [-0.39, 0.29) is 0 Å². The average molecular weight is 286 g/mol. The average Bonchev–Trinajstić information content (AvgIpc) is 2.55. The van der Waals surface area contributed by atoms with Gasteiger partial charge in [0.15, 0.2) is 0 Å². The largest absolute Gasteiger partial charge is 0.259 e. The number of aliphatic imine (C=N–C) groups is 1. The van der Waals surface area contributed by atoms with Crippen LogP contribution in [0.25, 0.3) is 27.6 Å². The Kier molecular flexibility index (Phi) is 3.84. The van der Waals surface area contributed by atoms with Crippen molar-refractivity contribution in [2.45, 2.75) is 13.8 Å². The number of hydrogen-bond acceptors (Lipinski definition) is 2. The Morgan fingerprint density at radius 1 is 1.09 bits per heavy atom. The standard InChI is InChI=1S/C20H18N2/c1-4-21-19-16(14(2)3)10-11-18-17(12-13-22-20(18)19)15-8-6-5-7-9-15/h4-13H,2H2,1,3H3. The van der Waals surface area contributed by atoms with Crippen molar-refractivity contribution < 1.29 is 0 Å². The molecule has 2 aromatic carbocycles. The highest BCUT2D eigenvalue weighted by atomic mass is 14.8. The zero-order chi connectivity index (χ0) is 15.5. The molecule has 2 heteroatoms. The molecule has 108 valence electrons. The molecule has 0 aliphatic carbocycles. The number of benzene rings is 2. The molecule has 0 amide bonds. The Labute approximate surface area is 130 Å². The van der Waals surface area contributed by atoms with Crippen molar-refractivity contribution in [2.75, 3.05) is 0 Å². The van der Waals surface area contributed by atoms with Gasteiger partial charge in [0.2, 0.25) is 0 Å². The normalized spacial score (nSPS) is 11.2. The molecular weight excluding hydrogens is 268 g/mol. The molecule has 3 rings (SSSR count). The number of aromatic nitrogens is 1. The first kappa shape index (κ1) is 14.2. The summed E-state index contributed by atoms with van der Waals surface area (Å²) in [6, 6.07) is 16.6. The molecule has 22 heavy (non-hydrogen) atoms. The van der Waals surface area contributed by atoms with Crippen LogP contribution in [0.4, 0.5) is 5.69 Å². The van der Waals surface area contributed by atoms with Crippen molar-refractivity contribution in [1.82, 2.24) is 4.98 Å². The molecule has 0 fully saturated rings. The third-order valence-electron chi connectivity index (χ3n) is 3.69. The van der Waals surface area contributed by atoms with Crippen molar-refractivity contribution in [3.05, 3.63) is 66.9 Å². The Morgan fingerprint density at radius 3 is 2.55 bits per heavy atom. The molecule has 1 aromatic heterocycles. The lowest BCUT2D eigenvalue weighted by molar-refractivity contribution is 1.38. The van der Waals surface area contributed by atoms with Crippen LogP contribution in [-0.4, -0.2) is 11.2 Å². The Balaban J connectivity index is 2.36. The summed E-state index contributed by atoms with van der Waals surface area (Å²) in [6.45, 7) is 7.97. The zero-order valence-electron chi connectivity index (χ0n) is 12.9. The van der Waals surface area contributed by atoms with Crippen LogP contribution in [0, 0.1) is 0 Å². The monoisotopic (exact) mass is 286 g/mol. The molecule has 0 N–H and O–H groups in total. The molecule has 1 heterocycles. The van der Waals surface area contributed by atoms with Gasteiger partial charge < -0.3 is 0 Å². The minimum absolute atomic E-state index is 0.894. The molecule has 3 aromatic rings. The SMILES string of the molecule is C=C(C)c1ccc2c(-c3ccccc3)ccnc2c1N=CC. The molecule has 0 atom stereocenters. The van der Waals surface area contributed by atoms with Crippen LogP contribution in [-0.2, 0) is 0 Å². The molecule has 0 aliphatic heterocycles. The summed E-state index contributed by atoms with van der Waals surface area (Å²) in [4.78, 5) is 9.12. The summed E-state index contributed by atoms with van der Waals surface area (Å²) in [7, 11) is 0. The van der Waals surface area contributed by atoms with Crippen LogP contribution in [0.5, 0.6) is 0 Å². The van der Waals surface area contributed by atoms with E-state index in [1.165, 1.54) is 11.1 Å². The molecule has 0 unspecified atom stereocenters. The van der Waals surface area contributed by atoms with Gasteiger partial charge in [-0.15, -0.1) is 0 Å². The van der Waals surface area contributed by atoms with Crippen molar-refractivity contribution in [3.8, 4) is 11.1 Å². The van der Waals surface area contributed by atoms with Gasteiger partial charge in [-0.25, -0.2) is 0 Å². The lowest BCUT2D eigenvalue weighted by Crippen LogP contribution is -1.89. The molecular formula is C20H18N2. The van der Waals surface area contributed by atoms with Crippen LogP contribution in [0.3, 0.4) is 0 Å². The van der Waals surface area contributed by atoms with Gasteiger partial charge in [-0.05, 0) is 36.6 Å². The van der Waals surface area contributed by atoms with Crippen LogP contribution < -0.4 is 0 Å². The second-order valence-corrected chi connectivity index (χ2v) is 5.25. The molecule has 0 saturated heterocycles. The van der Waals surface area contributed by atoms with Crippen LogP contribution in [0.1, 0.15) is 19.4 Å². The summed E-state index contributed by atoms with van der Waals surface area (Å²) >= 11 is 0. The number of rotatable bonds is 3. The van der Waals surface area contributed by atoms with Crippen LogP contribution in [0.2, 0.25) is 0 Å². The molecule has 0 bridgehead atoms. The smallest absolute Gasteiger partial charge is 0.0970 e. The van der Waals surface area contributed by atoms with E-state index in [4.69, 9.17) is 0 Å². The van der Waals surface area contributed by atoms with Crippen molar-refractivity contribution in [2.24, 2.45) is 4.99 Å². The third-order valence-corrected chi connectivity index (χ3v) is 3.69. The highest BCUT2D eigenvalue weighted by molar-refractivity contribution is 6.03. The number of hydrogen-bond donors (Lipinski definition) is 0. The van der Waals surface area contributed by atoms with Gasteiger partial charge in [0, 0.05) is 23.4 Å². The first-order chi connectivity index (χ1) is 10.7. The first-order valence-electron chi connectivity index (χ1n) is 7.34. The van der Waals surface area contributed by atoms with E-state index in [1.54, 1.807) is 6.21 Å². The van der Waals surface area contributed by atoms with Gasteiger partial charge >= 0.3 is 0 Å². The van der Waals surface area contributed by atoms with Crippen molar-refractivity contribution in [1.29, 1.82) is 0 Å². The molecule has 2 nitrogen and oxygen atoms in total. The molecule has 0 saturated carbocycles. The van der Waals surface area contributed by atoms with Gasteiger partial charge in [0.05, 0.1) is 11.2 Å². The lowest BCUT2D eigenvalue weighted by atomic mass is 9.97. The fraction of sp³-hybridized carbons (Fsp3) is 0.100. The van der Waals surface area contributed by atoms with E-state index in [0.29, 0.717) is 0 Å². The van der Waals surface area contributed by atoms with Gasteiger partial charge in [0.25, 0.3) is 0 Å². The summed E-state index contributed by atoms with van der Waals surface area (Å²) in [5.41, 5.74) is 6.21. The maximum absolute atomic E-state index is 4.57. The van der Waals surface area contributed by atoms with Crippen molar-refractivity contribution in [3.63, 3.8) is 0 Å². The topological polar surface area (TPSA) is 25.2 Å². The predicted molar refractivity (Wildman–Crippen MR) is 95.7 cm³/mol. The zero-order valence-corrected chi connectivity index (χ0v) is 12.9. The highest BCUT2D eigenvalue weighted by Crippen LogP contribution is 2.36. The quantitative estimate of drug-likeness (QED) is 0.570. The predicted octanol–water partition coefficient (Wildman–Crippen LogP) is 5.66. The fourth-order valence-electron chi connectivity index (χ4n) is 2.68. The summed E-state index contributed by atoms with van der Waals surface area (Å²) in [6.07, 6.45) is 3.65. The third kappa shape index (κ3) is 2.44. The van der Waals surface area contributed by atoms with E-state index >= 15 is 0 Å². The Morgan fingerprint density at radius 2 is 1.86 bits per heavy atom. The van der Waals surface area contributed by atoms with E-state index in [9.17, 15) is 0 Å². The van der Waals surface area contributed by atoms with Gasteiger partial charge in [-0.1, -0.05) is 49.0 Å². The first-order valence-corrected chi connectivity index (χ1v) is 7.34. The van der Waals surface area contributed by atoms with Gasteiger partial charge in [-0.3, -0.25) is 9.98 Å². The van der Waals surface area contributed by atoms with Gasteiger partial charge in [-0.2, -0.15) is 0 Å². The minimum atomic E-state index is 0.894. The molecule has 0 spiro atoms. The van der Waals surface area contributed by atoms with Crippen LogP contribution >= 0.6 is 0 Å². The number of pyridine rings is 1. The second-order valence-electron chi connectivity index (χ2n) is 5.25. The Bertz CT molecular complexity index is 862. The van der Waals surface area contributed by atoms with E-state index in [1.807, 2.05) is 26.1 Å². The number of fused-ring (bicyclic) bond motifs is 1. The summed E-state index contributed by atoms with van der Waals surface area (Å²) in [5, 5.41) is 1.11. The summed E-state index contributed by atoms with van der Waals surface area (Å²) < 4.78 is 0. The fourth-order valence-corrected chi connectivity index (χ4v) is 2.68. The highest BCUT2D eigenvalue weighted by Gasteiger charge is 2.11. The second kappa shape index (κ2) is 5.94. The van der Waals surface area contributed by atoms with Crippen LogP contribution in [0.15, 0.2) is 66.3 Å². The van der Waals surface area contributed by atoms with Crippen molar-refractivity contribution >= 4 is 28.4 Å². The number of nitrogens with zero attached hydrogens (tertiary/aromatic N) is 2. The van der Waals surface area contributed by atoms with E-state index in [2.05, 4.69) is 59.0 Å². The maximum Gasteiger partial charge on any atom is 0.0970 e. The number of allylic oxidation sites excluding steroid dienone is 1. The van der Waals surface area contributed by atoms with Gasteiger partial charge in [0.1, 0.15) is 0 Å². The van der Waals surface area contributed by atoms with E-state index < -0.39 is 0 Å². The minimum Gasteiger partial charge on any atom is -0.259 e. The van der Waals surface area contributed by atoms with E-state index in [0.717, 1.165) is 27.7 Å².